The van der Waals surface area contributed by atoms with Crippen LogP contribution in [0.1, 0.15) is 12.6 Å². The molecule has 6 N–H and O–H groups in total. The van der Waals surface area contributed by atoms with Gasteiger partial charge in [-0.3, -0.25) is 13.6 Å². The molecule has 1 aliphatic heterocycles. The van der Waals surface area contributed by atoms with Crippen molar-refractivity contribution in [1.29, 1.82) is 0 Å². The lowest BCUT2D eigenvalue weighted by Crippen LogP contribution is -2.29. The van der Waals surface area contributed by atoms with Crippen molar-refractivity contribution in [2.45, 2.75) is 24.9 Å². The molecule has 15 heteroatoms. The van der Waals surface area contributed by atoms with Gasteiger partial charge in [0.25, 0.3) is 0 Å². The van der Waals surface area contributed by atoms with Gasteiger partial charge in [-0.2, -0.15) is 4.98 Å². The van der Waals surface area contributed by atoms with E-state index >= 15 is 0 Å². The first-order valence-corrected chi connectivity index (χ1v) is 9.45. The molecule has 0 bridgehead atoms. The summed E-state index contributed by atoms with van der Waals surface area (Å²) in [5, 5.41) is 0. The minimum absolute atomic E-state index is 0.0290. The Hall–Kier alpha value is -1.14. The van der Waals surface area contributed by atoms with E-state index in [-0.39, 0.29) is 12.2 Å². The van der Waals surface area contributed by atoms with Crippen LogP contribution in [0.5, 0.6) is 0 Å². The van der Waals surface area contributed by atoms with Crippen molar-refractivity contribution >= 4 is 21.5 Å². The minimum atomic E-state index is -4.91. The van der Waals surface area contributed by atoms with E-state index in [9.17, 15) is 13.9 Å². The number of nitrogens with two attached hydrogens (primary N) is 1. The van der Waals surface area contributed by atoms with Crippen LogP contribution in [-0.2, 0) is 22.9 Å². The van der Waals surface area contributed by atoms with Crippen LogP contribution in [0.15, 0.2) is 17.1 Å². The molecule has 1 aliphatic rings. The molecular formula is C9H15N3O10P2. The lowest BCUT2D eigenvalue weighted by atomic mass is 10.2. The molecule has 1 fully saturated rings. The number of phosphoric acid groups is 2. The van der Waals surface area contributed by atoms with Crippen LogP contribution in [0, 0.1) is 0 Å². The summed E-state index contributed by atoms with van der Waals surface area (Å²) in [6.45, 7) is -0.706. The largest absolute Gasteiger partial charge is 0.469 e. The van der Waals surface area contributed by atoms with Crippen LogP contribution < -0.4 is 11.4 Å². The molecule has 1 saturated heterocycles. The molecule has 2 rings (SSSR count). The third-order valence-corrected chi connectivity index (χ3v) is 4.05. The topological polar surface area (TPSA) is 204 Å². The normalized spacial score (nSPS) is 25.1. The third kappa shape index (κ3) is 5.45. The van der Waals surface area contributed by atoms with Crippen molar-refractivity contribution in [3.8, 4) is 0 Å². The van der Waals surface area contributed by atoms with Crippen LogP contribution in [0.3, 0.4) is 0 Å². The lowest BCUT2D eigenvalue weighted by molar-refractivity contribution is -0.0443. The maximum atomic E-state index is 11.8. The quantitative estimate of drug-likeness (QED) is 0.361. The summed E-state index contributed by atoms with van der Waals surface area (Å²) in [6, 6.07) is 1.31. The molecule has 0 saturated carbocycles. The number of hydrogen-bond donors (Lipinski definition) is 5. The fourth-order valence-electron chi connectivity index (χ4n) is 2.12. The molecular weight excluding hydrogens is 372 g/mol. The molecule has 24 heavy (non-hydrogen) atoms. The lowest BCUT2D eigenvalue weighted by Gasteiger charge is -2.19. The monoisotopic (exact) mass is 387 g/mol. The van der Waals surface area contributed by atoms with Gasteiger partial charge < -0.3 is 30.0 Å². The summed E-state index contributed by atoms with van der Waals surface area (Å²) in [5.74, 6) is -0.0290. The Bertz CT molecular complexity index is 741. The van der Waals surface area contributed by atoms with Crippen LogP contribution in [0.2, 0.25) is 0 Å². The van der Waals surface area contributed by atoms with E-state index < -0.39 is 46.4 Å². The summed E-state index contributed by atoms with van der Waals surface area (Å²) >= 11 is 0. The molecule has 2 heterocycles. The smallest absolute Gasteiger partial charge is 0.383 e. The van der Waals surface area contributed by atoms with Crippen LogP contribution in [-0.4, -0.2) is 47.9 Å². The summed E-state index contributed by atoms with van der Waals surface area (Å²) in [6.07, 6.45) is -2.47. The number of rotatable bonds is 6. The Morgan fingerprint density at radius 1 is 1.33 bits per heavy atom. The number of ether oxygens (including phenoxy) is 1. The molecule has 136 valence electrons. The standard InChI is InChI=1S/C9H15N3O10P2/c10-7-1-2-12(9(13)11-7)8-3-5(22-24(17,18)19)6(21-8)4-20-23(14,15)16/h1-2,5-6,8H,3-4H2,(H2,10,11,13)(H2,14,15,16)(H2,17,18,19)/t5-,6+,8+/m0/s1. The maximum absolute atomic E-state index is 11.8. The van der Waals surface area contributed by atoms with E-state index in [1.807, 2.05) is 0 Å². The number of nitrogen functional groups attached to an aromatic ring is 1. The second-order valence-electron chi connectivity index (χ2n) is 4.83. The maximum Gasteiger partial charge on any atom is 0.469 e. The molecule has 1 aromatic rings. The highest BCUT2D eigenvalue weighted by atomic mass is 31.2. The number of hydrogen-bond acceptors (Lipinski definition) is 8. The van der Waals surface area contributed by atoms with E-state index in [1.54, 1.807) is 0 Å². The predicted molar refractivity (Wildman–Crippen MR) is 76.3 cm³/mol. The first kappa shape index (κ1) is 19.2. The Labute approximate surface area is 134 Å². The second-order valence-corrected chi connectivity index (χ2v) is 7.26. The Balaban J connectivity index is 2.20. The highest BCUT2D eigenvalue weighted by Gasteiger charge is 2.42. The molecule has 0 spiro atoms. The van der Waals surface area contributed by atoms with Crippen molar-refractivity contribution in [2.75, 3.05) is 12.3 Å². The average Bonchev–Trinajstić information content (AvgIpc) is 2.76. The Morgan fingerprint density at radius 2 is 2.00 bits per heavy atom. The zero-order valence-corrected chi connectivity index (χ0v) is 13.7. The van der Waals surface area contributed by atoms with Crippen molar-refractivity contribution in [1.82, 2.24) is 9.55 Å². The van der Waals surface area contributed by atoms with Crippen molar-refractivity contribution in [3.05, 3.63) is 22.7 Å². The van der Waals surface area contributed by atoms with Crippen LogP contribution in [0.4, 0.5) is 5.82 Å². The fraction of sp³-hybridized carbons (Fsp3) is 0.556. The van der Waals surface area contributed by atoms with E-state index in [2.05, 4.69) is 14.0 Å². The van der Waals surface area contributed by atoms with E-state index in [0.29, 0.717) is 0 Å². The molecule has 0 radical (unpaired) electrons. The van der Waals surface area contributed by atoms with Gasteiger partial charge in [0.2, 0.25) is 0 Å². The average molecular weight is 387 g/mol. The number of nitrogens with zero attached hydrogens (tertiary/aromatic N) is 2. The third-order valence-electron chi connectivity index (χ3n) is 3.02. The highest BCUT2D eigenvalue weighted by molar-refractivity contribution is 7.46. The van der Waals surface area contributed by atoms with Crippen LogP contribution in [0.25, 0.3) is 0 Å². The van der Waals surface area contributed by atoms with E-state index in [4.69, 9.17) is 30.0 Å². The minimum Gasteiger partial charge on any atom is -0.383 e. The molecule has 0 unspecified atom stereocenters. The Kier molecular flexibility index (Phi) is 5.60. The number of anilines is 1. The first-order chi connectivity index (χ1) is 10.9. The molecule has 0 amide bonds. The zero-order valence-electron chi connectivity index (χ0n) is 11.9. The van der Waals surface area contributed by atoms with Crippen molar-refractivity contribution < 1.29 is 42.5 Å². The van der Waals surface area contributed by atoms with Gasteiger partial charge in [0.05, 0.1) is 6.61 Å². The van der Waals surface area contributed by atoms with E-state index in [1.165, 1.54) is 12.3 Å². The fourth-order valence-corrected chi connectivity index (χ4v) is 3.04. The molecule has 13 nitrogen and oxygen atoms in total. The molecule has 0 aliphatic carbocycles. The van der Waals surface area contributed by atoms with Gasteiger partial charge in [-0.05, 0) is 6.07 Å². The number of aromatic nitrogens is 2. The summed E-state index contributed by atoms with van der Waals surface area (Å²) in [5.41, 5.74) is 4.59. The van der Waals surface area contributed by atoms with Crippen LogP contribution >= 0.6 is 15.6 Å². The number of phosphoric ester groups is 2. The highest BCUT2D eigenvalue weighted by Crippen LogP contribution is 2.44. The van der Waals surface area contributed by atoms with Gasteiger partial charge in [-0.25, -0.2) is 13.9 Å². The summed E-state index contributed by atoms with van der Waals surface area (Å²) < 4.78 is 37.0. The van der Waals surface area contributed by atoms with Gasteiger partial charge >= 0.3 is 21.3 Å². The van der Waals surface area contributed by atoms with Crippen molar-refractivity contribution in [2.24, 2.45) is 0 Å². The van der Waals surface area contributed by atoms with Gasteiger partial charge in [-0.15, -0.1) is 0 Å². The van der Waals surface area contributed by atoms with Gasteiger partial charge in [-0.1, -0.05) is 0 Å². The molecule has 1 aromatic heterocycles. The Morgan fingerprint density at radius 3 is 2.54 bits per heavy atom. The van der Waals surface area contributed by atoms with Gasteiger partial charge in [0.15, 0.2) is 0 Å². The van der Waals surface area contributed by atoms with E-state index in [0.717, 1.165) is 4.57 Å². The van der Waals surface area contributed by atoms with Crippen molar-refractivity contribution in [3.63, 3.8) is 0 Å². The molecule has 0 aromatic carbocycles. The van der Waals surface area contributed by atoms with Gasteiger partial charge in [0.1, 0.15) is 24.3 Å². The zero-order chi connectivity index (χ0) is 18.1. The summed E-state index contributed by atoms with van der Waals surface area (Å²) in [7, 11) is -9.74. The SMILES string of the molecule is Nc1ccn([C@H]2C[C@H](OP(=O)(O)O)[C@@H](COP(=O)(O)O)O2)c(=O)n1. The summed E-state index contributed by atoms with van der Waals surface area (Å²) in [4.78, 5) is 50.5. The molecule has 3 atom stereocenters. The van der Waals surface area contributed by atoms with Gasteiger partial charge in [0, 0.05) is 12.6 Å². The second kappa shape index (κ2) is 7.00. The first-order valence-electron chi connectivity index (χ1n) is 6.39. The predicted octanol–water partition coefficient (Wildman–Crippen LogP) is -1.30.